The predicted molar refractivity (Wildman–Crippen MR) is 73.2 cm³/mol. The predicted octanol–water partition coefficient (Wildman–Crippen LogP) is 0.211. The van der Waals surface area contributed by atoms with E-state index in [4.69, 9.17) is 0 Å². The molecule has 0 saturated carbocycles. The van der Waals surface area contributed by atoms with Gasteiger partial charge in [-0.3, -0.25) is 4.79 Å². The first kappa shape index (κ1) is 13.5. The van der Waals surface area contributed by atoms with Crippen LogP contribution in [0.1, 0.15) is 24.4 Å². The van der Waals surface area contributed by atoms with Crippen molar-refractivity contribution in [3.05, 3.63) is 35.6 Å². The summed E-state index contributed by atoms with van der Waals surface area (Å²) in [6.07, 6.45) is 1.64. The number of rotatable bonds is 3. The van der Waals surface area contributed by atoms with Gasteiger partial charge in [0, 0.05) is 18.6 Å². The van der Waals surface area contributed by atoms with E-state index < -0.39 is 0 Å². The molecule has 2 fully saturated rings. The Labute approximate surface area is 117 Å². The van der Waals surface area contributed by atoms with E-state index in [1.165, 1.54) is 12.1 Å². The summed E-state index contributed by atoms with van der Waals surface area (Å²) in [6, 6.07) is 6.39. The number of hydrazine groups is 1. The van der Waals surface area contributed by atoms with E-state index in [0.717, 1.165) is 25.1 Å². The molecular weight excluding hydrogens is 259 g/mol. The average molecular weight is 278 g/mol. The second-order valence-electron chi connectivity index (χ2n) is 5.38. The fraction of sp³-hybridized carbons (Fsp3) is 0.500. The maximum absolute atomic E-state index is 12.9. The Morgan fingerprint density at radius 1 is 1.25 bits per heavy atom. The molecule has 0 radical (unpaired) electrons. The number of carbonyl (C=O) groups excluding carboxylic acids is 1. The smallest absolute Gasteiger partial charge is 0.238 e. The molecule has 1 amide bonds. The number of benzene rings is 1. The van der Waals surface area contributed by atoms with Crippen LogP contribution in [-0.4, -0.2) is 31.1 Å². The minimum absolute atomic E-state index is 0.0239. The molecule has 5 nitrogen and oxygen atoms in total. The zero-order valence-corrected chi connectivity index (χ0v) is 11.2. The standard InChI is InChI=1S/C14H19FN4O/c15-10-3-1-9(2-4-10)12-7-13(19-18-12)14(20)17-11-5-6-16-8-11/h1-4,11-13,16,18-19H,5-8H2,(H,17,20). The van der Waals surface area contributed by atoms with Crippen LogP contribution in [0.15, 0.2) is 24.3 Å². The molecule has 0 aliphatic carbocycles. The molecule has 6 heteroatoms. The SMILES string of the molecule is O=C(NC1CCNC1)C1CC(c2ccc(F)cc2)NN1. The molecule has 1 aromatic carbocycles. The fourth-order valence-corrected chi connectivity index (χ4v) is 2.72. The lowest BCUT2D eigenvalue weighted by Crippen LogP contribution is -2.47. The summed E-state index contributed by atoms with van der Waals surface area (Å²) in [6.45, 7) is 1.80. The second-order valence-corrected chi connectivity index (χ2v) is 5.38. The van der Waals surface area contributed by atoms with E-state index in [1.807, 2.05) is 0 Å². The molecule has 2 heterocycles. The van der Waals surface area contributed by atoms with E-state index in [-0.39, 0.29) is 29.8 Å². The summed E-state index contributed by atoms with van der Waals surface area (Å²) >= 11 is 0. The maximum Gasteiger partial charge on any atom is 0.238 e. The van der Waals surface area contributed by atoms with Crippen molar-refractivity contribution in [2.24, 2.45) is 0 Å². The van der Waals surface area contributed by atoms with Gasteiger partial charge in [-0.1, -0.05) is 12.1 Å². The van der Waals surface area contributed by atoms with Crippen molar-refractivity contribution in [2.45, 2.75) is 31.0 Å². The van der Waals surface area contributed by atoms with Gasteiger partial charge in [-0.25, -0.2) is 15.2 Å². The van der Waals surface area contributed by atoms with Gasteiger partial charge < -0.3 is 10.6 Å². The van der Waals surface area contributed by atoms with Gasteiger partial charge in [-0.05, 0) is 37.1 Å². The first-order valence-corrected chi connectivity index (χ1v) is 7.00. The van der Waals surface area contributed by atoms with Crippen LogP contribution in [0.2, 0.25) is 0 Å². The summed E-state index contributed by atoms with van der Waals surface area (Å²) in [5, 5.41) is 6.26. The van der Waals surface area contributed by atoms with Crippen molar-refractivity contribution >= 4 is 5.91 Å². The van der Waals surface area contributed by atoms with Crippen LogP contribution in [0.4, 0.5) is 4.39 Å². The largest absolute Gasteiger partial charge is 0.351 e. The van der Waals surface area contributed by atoms with E-state index in [1.54, 1.807) is 12.1 Å². The van der Waals surface area contributed by atoms with Crippen LogP contribution in [0.25, 0.3) is 0 Å². The molecular formula is C14H19FN4O. The minimum Gasteiger partial charge on any atom is -0.351 e. The highest BCUT2D eigenvalue weighted by molar-refractivity contribution is 5.82. The van der Waals surface area contributed by atoms with Crippen LogP contribution < -0.4 is 21.5 Å². The molecule has 3 atom stereocenters. The Morgan fingerprint density at radius 3 is 2.75 bits per heavy atom. The first-order chi connectivity index (χ1) is 9.72. The van der Waals surface area contributed by atoms with Crippen LogP contribution in [0.5, 0.6) is 0 Å². The second kappa shape index (κ2) is 5.87. The van der Waals surface area contributed by atoms with Gasteiger partial charge in [-0.15, -0.1) is 0 Å². The average Bonchev–Trinajstić information content (AvgIpc) is 3.10. The molecule has 108 valence electrons. The highest BCUT2D eigenvalue weighted by Gasteiger charge is 2.31. The third-order valence-electron chi connectivity index (χ3n) is 3.90. The molecule has 0 spiro atoms. The first-order valence-electron chi connectivity index (χ1n) is 7.00. The van der Waals surface area contributed by atoms with Crippen molar-refractivity contribution in [2.75, 3.05) is 13.1 Å². The molecule has 0 bridgehead atoms. The summed E-state index contributed by atoms with van der Waals surface area (Å²) in [4.78, 5) is 12.1. The Bertz CT molecular complexity index is 473. The highest BCUT2D eigenvalue weighted by atomic mass is 19.1. The number of hydrogen-bond acceptors (Lipinski definition) is 4. The van der Waals surface area contributed by atoms with Crippen molar-refractivity contribution in [1.29, 1.82) is 0 Å². The van der Waals surface area contributed by atoms with Crippen LogP contribution in [-0.2, 0) is 4.79 Å². The van der Waals surface area contributed by atoms with Gasteiger partial charge in [0.15, 0.2) is 0 Å². The molecule has 2 saturated heterocycles. The van der Waals surface area contributed by atoms with Crippen molar-refractivity contribution in [3.8, 4) is 0 Å². The molecule has 20 heavy (non-hydrogen) atoms. The third kappa shape index (κ3) is 2.98. The zero-order valence-electron chi connectivity index (χ0n) is 11.2. The van der Waals surface area contributed by atoms with Gasteiger partial charge in [0.2, 0.25) is 5.91 Å². The monoisotopic (exact) mass is 278 g/mol. The molecule has 0 aromatic heterocycles. The molecule has 4 N–H and O–H groups in total. The van der Waals surface area contributed by atoms with Gasteiger partial charge in [0.25, 0.3) is 0 Å². The van der Waals surface area contributed by atoms with Gasteiger partial charge in [0.05, 0.1) is 0 Å². The van der Waals surface area contributed by atoms with Crippen LogP contribution in [0, 0.1) is 5.82 Å². The van der Waals surface area contributed by atoms with Crippen molar-refractivity contribution in [1.82, 2.24) is 21.5 Å². The molecule has 3 rings (SSSR count). The van der Waals surface area contributed by atoms with E-state index >= 15 is 0 Å². The van der Waals surface area contributed by atoms with E-state index in [2.05, 4.69) is 21.5 Å². The quantitative estimate of drug-likeness (QED) is 0.638. The van der Waals surface area contributed by atoms with Gasteiger partial charge in [0.1, 0.15) is 11.9 Å². The summed E-state index contributed by atoms with van der Waals surface area (Å²) < 4.78 is 12.9. The molecule has 1 aromatic rings. The third-order valence-corrected chi connectivity index (χ3v) is 3.90. The van der Waals surface area contributed by atoms with Gasteiger partial charge in [-0.2, -0.15) is 0 Å². The zero-order chi connectivity index (χ0) is 13.9. The van der Waals surface area contributed by atoms with Gasteiger partial charge >= 0.3 is 0 Å². The van der Waals surface area contributed by atoms with Crippen molar-refractivity contribution < 1.29 is 9.18 Å². The lowest BCUT2D eigenvalue weighted by Gasteiger charge is -2.15. The number of carbonyl (C=O) groups is 1. The Kier molecular flexibility index (Phi) is 3.95. The minimum atomic E-state index is -0.247. The normalized spacial score (nSPS) is 29.6. The number of halogens is 1. The number of nitrogens with one attached hydrogen (secondary N) is 4. The lowest BCUT2D eigenvalue weighted by atomic mass is 10.0. The van der Waals surface area contributed by atoms with Crippen molar-refractivity contribution in [3.63, 3.8) is 0 Å². The molecule has 3 unspecified atom stereocenters. The summed E-state index contributed by atoms with van der Waals surface area (Å²) in [5.74, 6) is -0.224. The molecule has 2 aliphatic rings. The topological polar surface area (TPSA) is 65.2 Å². The summed E-state index contributed by atoms with van der Waals surface area (Å²) in [5.41, 5.74) is 7.10. The van der Waals surface area contributed by atoms with E-state index in [0.29, 0.717) is 6.42 Å². The number of amides is 1. The Hall–Kier alpha value is -1.50. The fourth-order valence-electron chi connectivity index (χ4n) is 2.72. The Morgan fingerprint density at radius 2 is 2.05 bits per heavy atom. The van der Waals surface area contributed by atoms with E-state index in [9.17, 15) is 9.18 Å². The Balaban J connectivity index is 1.55. The lowest BCUT2D eigenvalue weighted by molar-refractivity contribution is -0.123. The molecule has 2 aliphatic heterocycles. The summed E-state index contributed by atoms with van der Waals surface area (Å²) in [7, 11) is 0. The number of hydrogen-bond donors (Lipinski definition) is 4. The maximum atomic E-state index is 12.9. The van der Waals surface area contributed by atoms with Crippen LogP contribution in [0.3, 0.4) is 0 Å². The highest BCUT2D eigenvalue weighted by Crippen LogP contribution is 2.22. The van der Waals surface area contributed by atoms with Crippen LogP contribution >= 0.6 is 0 Å².